The Morgan fingerprint density at radius 1 is 1.52 bits per heavy atom. The van der Waals surface area contributed by atoms with Crippen molar-refractivity contribution >= 4 is 45.1 Å². The zero-order valence-electron chi connectivity index (χ0n) is 10.9. The normalized spacial score (nSPS) is 24.8. The van der Waals surface area contributed by atoms with Crippen molar-refractivity contribution < 1.29 is 19.1 Å². The first kappa shape index (κ1) is 14.6. The molecule has 112 valence electrons. The molecule has 2 fully saturated rings. The van der Waals surface area contributed by atoms with Crippen molar-refractivity contribution in [1.29, 1.82) is 0 Å². The minimum Gasteiger partial charge on any atom is -0.387 e. The Hall–Kier alpha value is -1.32. The van der Waals surface area contributed by atoms with Crippen molar-refractivity contribution in [3.63, 3.8) is 0 Å². The van der Waals surface area contributed by atoms with E-state index in [0.717, 1.165) is 12.8 Å². The highest BCUT2D eigenvalue weighted by molar-refractivity contribution is 9.11. The number of amides is 1. The quantitative estimate of drug-likeness (QED) is 0.601. The summed E-state index contributed by atoms with van der Waals surface area (Å²) >= 11 is 4.34. The Bertz CT molecular complexity index is 605. The zero-order chi connectivity index (χ0) is 15.0. The van der Waals surface area contributed by atoms with Gasteiger partial charge in [-0.25, -0.2) is 14.6 Å². The van der Waals surface area contributed by atoms with Gasteiger partial charge in [0.2, 0.25) is 0 Å². The van der Waals surface area contributed by atoms with Crippen molar-refractivity contribution in [2.24, 2.45) is 0 Å². The molecule has 1 aromatic rings. The summed E-state index contributed by atoms with van der Waals surface area (Å²) in [5.74, 6) is -2.04. The maximum Gasteiger partial charge on any atom is 0.365 e. The van der Waals surface area contributed by atoms with Crippen LogP contribution in [0.5, 0.6) is 0 Å². The molecule has 3 rings (SSSR count). The second-order valence-corrected chi connectivity index (χ2v) is 7.00. The number of nitrogens with one attached hydrogen (secondary N) is 1. The third kappa shape index (κ3) is 2.85. The molecule has 0 saturated carbocycles. The molecule has 2 atom stereocenters. The topological polar surface area (TPSA) is 88.6 Å². The summed E-state index contributed by atoms with van der Waals surface area (Å²) in [6, 6.07) is -0.961. The van der Waals surface area contributed by atoms with Gasteiger partial charge in [0, 0.05) is 24.5 Å². The van der Waals surface area contributed by atoms with Crippen LogP contribution in [0.15, 0.2) is 9.30 Å². The second kappa shape index (κ2) is 5.82. The maximum absolute atomic E-state index is 12.2. The number of ether oxygens (including phenoxy) is 1. The van der Waals surface area contributed by atoms with Crippen molar-refractivity contribution in [1.82, 2.24) is 15.2 Å². The summed E-state index contributed by atoms with van der Waals surface area (Å²) in [4.78, 5) is 41.5. The number of carbonyl (C=O) groups is 3. The lowest BCUT2D eigenvalue weighted by Gasteiger charge is -2.34. The predicted octanol–water partition coefficient (Wildman–Crippen LogP) is 0.552. The smallest absolute Gasteiger partial charge is 0.365 e. The van der Waals surface area contributed by atoms with Crippen LogP contribution in [-0.4, -0.2) is 52.9 Å². The third-order valence-electron chi connectivity index (χ3n) is 3.58. The molecule has 1 amide bonds. The molecule has 2 saturated heterocycles. The summed E-state index contributed by atoms with van der Waals surface area (Å²) in [5, 5.41) is 4.34. The van der Waals surface area contributed by atoms with E-state index in [-0.39, 0.29) is 17.6 Å². The minimum atomic E-state index is -1.11. The molecule has 0 aromatic carbocycles. The van der Waals surface area contributed by atoms with Crippen LogP contribution >= 0.6 is 27.3 Å². The van der Waals surface area contributed by atoms with Gasteiger partial charge in [-0.05, 0) is 28.8 Å². The van der Waals surface area contributed by atoms with E-state index in [1.54, 1.807) is 4.90 Å². The van der Waals surface area contributed by atoms with E-state index in [1.165, 1.54) is 16.7 Å². The minimum absolute atomic E-state index is 0.0440. The van der Waals surface area contributed by atoms with Crippen LogP contribution in [0, 0.1) is 0 Å². The van der Waals surface area contributed by atoms with Crippen molar-refractivity contribution in [2.45, 2.75) is 24.9 Å². The molecule has 1 N–H and O–H groups in total. The first-order valence-electron chi connectivity index (χ1n) is 6.47. The van der Waals surface area contributed by atoms with Crippen LogP contribution in [0.25, 0.3) is 0 Å². The van der Waals surface area contributed by atoms with Crippen molar-refractivity contribution in [3.8, 4) is 0 Å². The van der Waals surface area contributed by atoms with E-state index in [2.05, 4.69) is 26.2 Å². The molecule has 0 spiro atoms. The fourth-order valence-corrected chi connectivity index (χ4v) is 3.56. The van der Waals surface area contributed by atoms with Crippen LogP contribution in [0.1, 0.15) is 23.3 Å². The van der Waals surface area contributed by atoms with Crippen LogP contribution in [0.2, 0.25) is 0 Å². The predicted molar refractivity (Wildman–Crippen MR) is 76.8 cm³/mol. The van der Waals surface area contributed by atoms with Crippen molar-refractivity contribution in [3.05, 3.63) is 15.0 Å². The number of hydrogen-bond donors (Lipinski definition) is 1. The van der Waals surface area contributed by atoms with Gasteiger partial charge in [-0.3, -0.25) is 10.1 Å². The number of nitrogens with zero attached hydrogens (tertiary/aromatic N) is 2. The fourth-order valence-electron chi connectivity index (χ4n) is 2.58. The molecule has 0 radical (unpaired) electrons. The van der Waals surface area contributed by atoms with E-state index in [0.29, 0.717) is 17.0 Å². The van der Waals surface area contributed by atoms with E-state index in [4.69, 9.17) is 4.74 Å². The number of thiazole rings is 1. The average molecular weight is 374 g/mol. The number of rotatable bonds is 2. The summed E-state index contributed by atoms with van der Waals surface area (Å²) in [6.07, 6.45) is 1.87. The highest BCUT2D eigenvalue weighted by atomic mass is 79.9. The van der Waals surface area contributed by atoms with Gasteiger partial charge in [0.15, 0.2) is 15.7 Å². The molecule has 0 bridgehead atoms. The molecule has 2 aliphatic rings. The van der Waals surface area contributed by atoms with Gasteiger partial charge >= 0.3 is 11.9 Å². The van der Waals surface area contributed by atoms with Gasteiger partial charge in [0.1, 0.15) is 0 Å². The lowest BCUT2D eigenvalue weighted by molar-refractivity contribution is -0.150. The van der Waals surface area contributed by atoms with Gasteiger partial charge in [-0.2, -0.15) is 0 Å². The highest BCUT2D eigenvalue weighted by Gasteiger charge is 2.42. The first-order valence-corrected chi connectivity index (χ1v) is 8.14. The number of esters is 2. The standard InChI is InChI=1S/C12H12BrN3O4S/c13-12-15-7(5-21-12)10(18)20-11(19)8-9(17)16-3-1-2-6(16)4-14-8/h5-6,8,14H,1-4H2/t6-,8-/m0/s1. The summed E-state index contributed by atoms with van der Waals surface area (Å²) < 4.78 is 5.27. The van der Waals surface area contributed by atoms with E-state index >= 15 is 0 Å². The fraction of sp³-hybridized carbons (Fsp3) is 0.500. The van der Waals surface area contributed by atoms with Gasteiger partial charge in [-0.1, -0.05) is 0 Å². The van der Waals surface area contributed by atoms with Crippen LogP contribution < -0.4 is 5.32 Å². The molecule has 21 heavy (non-hydrogen) atoms. The zero-order valence-corrected chi connectivity index (χ0v) is 13.3. The number of carbonyl (C=O) groups excluding carboxylic acids is 3. The van der Waals surface area contributed by atoms with E-state index in [9.17, 15) is 14.4 Å². The SMILES string of the molecule is O=C(OC(=O)[C@H]1NC[C@@H]2CCCN2C1=O)c1csc(Br)n1. The van der Waals surface area contributed by atoms with Gasteiger partial charge in [0.25, 0.3) is 5.91 Å². The number of hydrogen-bond acceptors (Lipinski definition) is 7. The molecule has 7 nitrogen and oxygen atoms in total. The molecular formula is C12H12BrN3O4S. The Morgan fingerprint density at radius 2 is 2.33 bits per heavy atom. The molecular weight excluding hydrogens is 362 g/mol. The van der Waals surface area contributed by atoms with Crippen LogP contribution in [0.4, 0.5) is 0 Å². The first-order chi connectivity index (χ1) is 10.1. The third-order valence-corrected chi connectivity index (χ3v) is 4.94. The van der Waals surface area contributed by atoms with Crippen molar-refractivity contribution in [2.75, 3.05) is 13.1 Å². The lowest BCUT2D eigenvalue weighted by Crippen LogP contribution is -2.61. The lowest BCUT2D eigenvalue weighted by atomic mass is 10.1. The van der Waals surface area contributed by atoms with Gasteiger partial charge < -0.3 is 9.64 Å². The Kier molecular flexibility index (Phi) is 4.05. The Morgan fingerprint density at radius 3 is 3.05 bits per heavy atom. The Balaban J connectivity index is 1.65. The molecule has 3 heterocycles. The molecule has 1 aromatic heterocycles. The molecule has 9 heteroatoms. The van der Waals surface area contributed by atoms with Gasteiger partial charge in [0.05, 0.1) is 0 Å². The number of fused-ring (bicyclic) bond motifs is 1. The number of aromatic nitrogens is 1. The Labute approximate surface area is 132 Å². The van der Waals surface area contributed by atoms with Crippen LogP contribution in [-0.2, 0) is 14.3 Å². The van der Waals surface area contributed by atoms with Gasteiger partial charge in [-0.15, -0.1) is 11.3 Å². The average Bonchev–Trinajstić information content (AvgIpc) is 3.07. The monoisotopic (exact) mass is 373 g/mol. The summed E-state index contributed by atoms with van der Waals surface area (Å²) in [5.41, 5.74) is 0.0440. The highest BCUT2D eigenvalue weighted by Crippen LogP contribution is 2.22. The number of piperazine rings is 1. The number of halogens is 1. The largest absolute Gasteiger partial charge is 0.387 e. The molecule has 0 unspecified atom stereocenters. The molecule has 2 aliphatic heterocycles. The van der Waals surface area contributed by atoms with E-state index < -0.39 is 18.0 Å². The summed E-state index contributed by atoms with van der Waals surface area (Å²) in [7, 11) is 0. The van der Waals surface area contributed by atoms with Crippen LogP contribution in [0.3, 0.4) is 0 Å². The molecule has 0 aliphatic carbocycles. The maximum atomic E-state index is 12.2. The summed E-state index contributed by atoms with van der Waals surface area (Å²) in [6.45, 7) is 1.20. The second-order valence-electron chi connectivity index (χ2n) is 4.86. The van der Waals surface area contributed by atoms with E-state index in [1.807, 2.05) is 0 Å².